The number of rotatable bonds is 6. The quantitative estimate of drug-likeness (QED) is 0.669. The van der Waals surface area contributed by atoms with E-state index in [1.54, 1.807) is 12.0 Å². The van der Waals surface area contributed by atoms with E-state index < -0.39 is 6.10 Å². The molecule has 1 amide bonds. The number of ether oxygens (including phenoxy) is 3. The fourth-order valence-electron chi connectivity index (χ4n) is 3.16. The first kappa shape index (κ1) is 17.5. The summed E-state index contributed by atoms with van der Waals surface area (Å²) in [6.45, 7) is 1.05. The van der Waals surface area contributed by atoms with Crippen LogP contribution in [0.1, 0.15) is 5.56 Å². The molecule has 0 unspecified atom stereocenters. The molecule has 3 aromatic carbocycles. The van der Waals surface area contributed by atoms with Crippen molar-refractivity contribution >= 4 is 22.4 Å². The molecule has 0 bridgehead atoms. The second kappa shape index (κ2) is 7.78. The van der Waals surface area contributed by atoms with Gasteiger partial charge < -0.3 is 14.2 Å². The van der Waals surface area contributed by atoms with Gasteiger partial charge in [0.2, 0.25) is 0 Å². The molecule has 0 aliphatic carbocycles. The Morgan fingerprint density at radius 2 is 1.81 bits per heavy atom. The highest BCUT2D eigenvalue weighted by atomic mass is 16.6. The van der Waals surface area contributed by atoms with Gasteiger partial charge in [-0.25, -0.2) is 0 Å². The van der Waals surface area contributed by atoms with Crippen LogP contribution in [0.25, 0.3) is 10.8 Å². The average molecular weight is 363 g/mol. The van der Waals surface area contributed by atoms with E-state index in [9.17, 15) is 4.79 Å². The van der Waals surface area contributed by atoms with Gasteiger partial charge in [-0.3, -0.25) is 9.69 Å². The summed E-state index contributed by atoms with van der Waals surface area (Å²) in [6.07, 6.45) is -0.528. The highest BCUT2D eigenvalue weighted by Crippen LogP contribution is 2.28. The number of benzene rings is 3. The number of carbonyl (C=O) groups is 1. The van der Waals surface area contributed by atoms with Crippen molar-refractivity contribution in [2.24, 2.45) is 0 Å². The molecule has 4 rings (SSSR count). The predicted molar refractivity (Wildman–Crippen MR) is 104 cm³/mol. The van der Waals surface area contributed by atoms with Gasteiger partial charge in [0.05, 0.1) is 6.61 Å². The van der Waals surface area contributed by atoms with Gasteiger partial charge in [0.15, 0.2) is 6.10 Å². The van der Waals surface area contributed by atoms with Gasteiger partial charge in [-0.05, 0) is 40.6 Å². The van der Waals surface area contributed by atoms with Crippen molar-refractivity contribution in [1.29, 1.82) is 0 Å². The number of anilines is 1. The van der Waals surface area contributed by atoms with Crippen LogP contribution in [-0.4, -0.2) is 32.5 Å². The number of methoxy groups -OCH3 is 1. The number of fused-ring (bicyclic) bond motifs is 1. The van der Waals surface area contributed by atoms with Crippen LogP contribution in [0.4, 0.5) is 5.69 Å². The highest BCUT2D eigenvalue weighted by molar-refractivity contribution is 6.00. The van der Waals surface area contributed by atoms with E-state index >= 15 is 0 Å². The molecule has 1 aliphatic heterocycles. The zero-order valence-corrected chi connectivity index (χ0v) is 15.1. The third-order valence-electron chi connectivity index (χ3n) is 4.62. The second-order valence-corrected chi connectivity index (χ2v) is 6.47. The second-order valence-electron chi connectivity index (χ2n) is 6.47. The summed E-state index contributed by atoms with van der Waals surface area (Å²) in [6, 6.07) is 22.0. The number of hydrogen-bond donors (Lipinski definition) is 0. The lowest BCUT2D eigenvalue weighted by molar-refractivity contribution is -0.124. The van der Waals surface area contributed by atoms with Crippen molar-refractivity contribution in [2.75, 3.05) is 25.3 Å². The summed E-state index contributed by atoms with van der Waals surface area (Å²) in [4.78, 5) is 14.0. The topological polar surface area (TPSA) is 48.0 Å². The van der Waals surface area contributed by atoms with E-state index in [1.165, 1.54) is 0 Å². The van der Waals surface area contributed by atoms with Crippen LogP contribution in [0.15, 0.2) is 66.7 Å². The van der Waals surface area contributed by atoms with Gasteiger partial charge in [0.1, 0.15) is 19.1 Å². The van der Waals surface area contributed by atoms with Crippen LogP contribution in [0.3, 0.4) is 0 Å². The molecule has 0 radical (unpaired) electrons. The molecule has 0 aromatic heterocycles. The maximum absolute atomic E-state index is 12.4. The summed E-state index contributed by atoms with van der Waals surface area (Å²) in [5.41, 5.74) is 1.95. The first-order valence-electron chi connectivity index (χ1n) is 8.87. The van der Waals surface area contributed by atoms with Gasteiger partial charge in [0.25, 0.3) is 5.91 Å². The first-order valence-corrected chi connectivity index (χ1v) is 8.87. The molecule has 0 saturated carbocycles. The molecule has 5 nitrogen and oxygen atoms in total. The maximum Gasteiger partial charge on any atom is 0.260 e. The molecule has 27 heavy (non-hydrogen) atoms. The average Bonchev–Trinajstić information content (AvgIpc) is 3.07. The number of hydrogen-bond acceptors (Lipinski definition) is 4. The Balaban J connectivity index is 1.50. The Morgan fingerprint density at radius 3 is 2.63 bits per heavy atom. The van der Waals surface area contributed by atoms with Crippen molar-refractivity contribution in [2.45, 2.75) is 12.7 Å². The minimum Gasteiger partial charge on any atom is -0.489 e. The summed E-state index contributed by atoms with van der Waals surface area (Å²) >= 11 is 0. The predicted octanol–water partition coefficient (Wildman–Crippen LogP) is 3.75. The Kier molecular flexibility index (Phi) is 5.05. The molecule has 5 heteroatoms. The van der Waals surface area contributed by atoms with Crippen molar-refractivity contribution in [3.05, 3.63) is 72.3 Å². The molecule has 1 heterocycles. The van der Waals surface area contributed by atoms with Crippen LogP contribution < -0.4 is 9.64 Å². The molecule has 1 atom stereocenters. The largest absolute Gasteiger partial charge is 0.489 e. The molecular weight excluding hydrogens is 342 g/mol. The van der Waals surface area contributed by atoms with E-state index in [4.69, 9.17) is 14.2 Å². The number of nitrogens with zero attached hydrogens (tertiary/aromatic N) is 1. The van der Waals surface area contributed by atoms with E-state index in [2.05, 4.69) is 0 Å². The van der Waals surface area contributed by atoms with Crippen molar-refractivity contribution in [1.82, 2.24) is 0 Å². The Bertz CT molecular complexity index is 941. The first-order chi connectivity index (χ1) is 13.2. The molecule has 0 N–H and O–H groups in total. The fourth-order valence-corrected chi connectivity index (χ4v) is 3.16. The number of carbonyl (C=O) groups excluding carboxylic acids is 1. The molecule has 1 fully saturated rings. The van der Waals surface area contributed by atoms with Crippen LogP contribution in [0.5, 0.6) is 5.75 Å². The Labute approximate surface area is 158 Å². The van der Waals surface area contributed by atoms with Gasteiger partial charge >= 0.3 is 0 Å². The molecule has 0 spiro atoms. The zero-order valence-electron chi connectivity index (χ0n) is 15.1. The molecule has 1 saturated heterocycles. The Morgan fingerprint density at radius 1 is 1.04 bits per heavy atom. The lowest BCUT2D eigenvalue weighted by Crippen LogP contribution is -2.31. The van der Waals surface area contributed by atoms with Gasteiger partial charge in [-0.15, -0.1) is 0 Å². The van der Waals surface area contributed by atoms with Crippen LogP contribution in [0.2, 0.25) is 0 Å². The van der Waals surface area contributed by atoms with E-state index in [0.717, 1.165) is 27.8 Å². The van der Waals surface area contributed by atoms with Crippen LogP contribution >= 0.6 is 0 Å². The minimum absolute atomic E-state index is 0.0704. The monoisotopic (exact) mass is 363 g/mol. The van der Waals surface area contributed by atoms with Gasteiger partial charge in [-0.1, -0.05) is 42.5 Å². The minimum atomic E-state index is -0.528. The Hall–Kier alpha value is -2.89. The number of amides is 1. The van der Waals surface area contributed by atoms with Gasteiger partial charge in [0, 0.05) is 12.8 Å². The van der Waals surface area contributed by atoms with E-state index in [1.807, 2.05) is 66.7 Å². The standard InChI is InChI=1S/C22H21NO4/c1-25-14-21-22(24)23(15-27-21)19-9-7-18-12-20(10-8-17(18)11-19)26-13-16-5-3-2-4-6-16/h2-12,21H,13-15H2,1H3/t21-/m0/s1. The fraction of sp³-hybridized carbons (Fsp3) is 0.227. The summed E-state index contributed by atoms with van der Waals surface area (Å²) in [5, 5.41) is 2.10. The zero-order chi connectivity index (χ0) is 18.6. The summed E-state index contributed by atoms with van der Waals surface area (Å²) in [5.74, 6) is 0.749. The van der Waals surface area contributed by atoms with Crippen molar-refractivity contribution < 1.29 is 19.0 Å². The van der Waals surface area contributed by atoms with Crippen molar-refractivity contribution in [3.8, 4) is 5.75 Å². The molecule has 3 aromatic rings. The molecular formula is C22H21NO4. The smallest absolute Gasteiger partial charge is 0.260 e. The summed E-state index contributed by atoms with van der Waals surface area (Å²) < 4.78 is 16.4. The van der Waals surface area contributed by atoms with E-state index in [0.29, 0.717) is 6.61 Å². The van der Waals surface area contributed by atoms with E-state index in [-0.39, 0.29) is 19.2 Å². The normalized spacial score (nSPS) is 16.9. The molecule has 138 valence electrons. The molecule has 1 aliphatic rings. The lowest BCUT2D eigenvalue weighted by Gasteiger charge is -2.15. The third kappa shape index (κ3) is 3.79. The highest BCUT2D eigenvalue weighted by Gasteiger charge is 2.33. The van der Waals surface area contributed by atoms with Crippen LogP contribution in [0, 0.1) is 0 Å². The lowest BCUT2D eigenvalue weighted by atomic mass is 10.1. The summed E-state index contributed by atoms with van der Waals surface area (Å²) in [7, 11) is 1.56. The SMILES string of the molecule is COC[C@@H]1OCN(c2ccc3cc(OCc4ccccc4)ccc3c2)C1=O. The van der Waals surface area contributed by atoms with Gasteiger partial charge in [-0.2, -0.15) is 0 Å². The maximum atomic E-state index is 12.4. The third-order valence-corrected chi connectivity index (χ3v) is 4.62. The van der Waals surface area contributed by atoms with Crippen molar-refractivity contribution in [3.63, 3.8) is 0 Å². The van der Waals surface area contributed by atoms with Crippen LogP contribution in [-0.2, 0) is 20.9 Å².